The molecule has 0 fully saturated rings. The number of esters is 1. The maximum Gasteiger partial charge on any atom is 0.341 e. The van der Waals surface area contributed by atoms with Gasteiger partial charge in [-0.15, -0.1) is 0 Å². The van der Waals surface area contributed by atoms with Gasteiger partial charge in [-0.05, 0) is 31.2 Å². The number of anilines is 1. The number of carbonyl (C=O) groups is 1. The molecule has 1 atom stereocenters. The fraction of sp³-hybridized carbons (Fsp3) is 0.273. The minimum atomic E-state index is -0.463. The second-order valence-electron chi connectivity index (χ2n) is 6.65. The number of nitrogens with one attached hydrogen (secondary N) is 1. The lowest BCUT2D eigenvalue weighted by molar-refractivity contribution is 0.0527. The molecule has 0 aliphatic carbocycles. The van der Waals surface area contributed by atoms with Gasteiger partial charge in [0, 0.05) is 11.6 Å². The van der Waals surface area contributed by atoms with E-state index < -0.39 is 5.97 Å². The first-order valence-electron chi connectivity index (χ1n) is 9.56. The standard InChI is InChI=1S/C22H21ClN2O5/c1-3-28-22(26)15-11-24-17-9-16(23)20(27-2)8-14(17)21(15)25-10-13-12-29-18-6-4-5-7-19(18)30-13/h4-9,11,13H,3,10,12H2,1-2H3,(H,24,25). The van der Waals surface area contributed by atoms with Crippen LogP contribution in [0.2, 0.25) is 5.02 Å². The number of fused-ring (bicyclic) bond motifs is 2. The molecule has 8 heteroatoms. The Labute approximate surface area is 178 Å². The molecule has 1 aromatic heterocycles. The van der Waals surface area contributed by atoms with Crippen molar-refractivity contribution < 1.29 is 23.7 Å². The van der Waals surface area contributed by atoms with Crippen molar-refractivity contribution in [3.63, 3.8) is 0 Å². The number of methoxy groups -OCH3 is 1. The van der Waals surface area contributed by atoms with Crippen molar-refractivity contribution in [1.29, 1.82) is 0 Å². The molecule has 0 radical (unpaired) electrons. The van der Waals surface area contributed by atoms with Crippen LogP contribution in [0.1, 0.15) is 17.3 Å². The maximum absolute atomic E-state index is 12.5. The zero-order valence-corrected chi connectivity index (χ0v) is 17.4. The molecule has 3 aromatic rings. The maximum atomic E-state index is 12.5. The third kappa shape index (κ3) is 3.93. The summed E-state index contributed by atoms with van der Waals surface area (Å²) in [5.74, 6) is 1.43. The Kier molecular flexibility index (Phi) is 5.81. The second kappa shape index (κ2) is 8.67. The number of halogens is 1. The first-order chi connectivity index (χ1) is 14.6. The Balaban J connectivity index is 1.66. The first-order valence-corrected chi connectivity index (χ1v) is 9.94. The summed E-state index contributed by atoms with van der Waals surface area (Å²) in [6, 6.07) is 11.0. The highest BCUT2D eigenvalue weighted by Crippen LogP contribution is 2.35. The first kappa shape index (κ1) is 20.1. The van der Waals surface area contributed by atoms with E-state index in [1.54, 1.807) is 19.1 Å². The Morgan fingerprint density at radius 3 is 2.87 bits per heavy atom. The SMILES string of the molecule is CCOC(=O)c1cnc2cc(Cl)c(OC)cc2c1NCC1COc2ccccc2O1. The zero-order valence-electron chi connectivity index (χ0n) is 16.6. The molecule has 2 heterocycles. The van der Waals surface area contributed by atoms with Crippen LogP contribution in [0.15, 0.2) is 42.6 Å². The van der Waals surface area contributed by atoms with Gasteiger partial charge in [0.15, 0.2) is 11.5 Å². The smallest absolute Gasteiger partial charge is 0.341 e. The Hall–Kier alpha value is -3.19. The predicted molar refractivity (Wildman–Crippen MR) is 114 cm³/mol. The van der Waals surface area contributed by atoms with E-state index in [-0.39, 0.29) is 12.7 Å². The third-order valence-electron chi connectivity index (χ3n) is 4.71. The van der Waals surface area contributed by atoms with Crippen LogP contribution in [0, 0.1) is 0 Å². The van der Waals surface area contributed by atoms with Gasteiger partial charge in [-0.1, -0.05) is 23.7 Å². The average molecular weight is 429 g/mol. The molecule has 0 saturated heterocycles. The largest absolute Gasteiger partial charge is 0.495 e. The topological polar surface area (TPSA) is 78.9 Å². The highest BCUT2D eigenvalue weighted by Gasteiger charge is 2.23. The van der Waals surface area contributed by atoms with Crippen molar-refractivity contribution in [3.8, 4) is 17.2 Å². The highest BCUT2D eigenvalue weighted by atomic mass is 35.5. The average Bonchev–Trinajstić information content (AvgIpc) is 2.76. The zero-order chi connectivity index (χ0) is 21.1. The number of rotatable bonds is 6. The van der Waals surface area contributed by atoms with Crippen molar-refractivity contribution in [3.05, 3.63) is 53.2 Å². The summed E-state index contributed by atoms with van der Waals surface area (Å²) in [5.41, 5.74) is 1.53. The molecule has 0 saturated carbocycles. The number of carbonyl (C=O) groups excluding carboxylic acids is 1. The number of pyridine rings is 1. The van der Waals surface area contributed by atoms with Crippen molar-refractivity contribution in [2.75, 3.05) is 32.2 Å². The molecule has 0 bridgehead atoms. The fourth-order valence-electron chi connectivity index (χ4n) is 3.28. The molecular formula is C22H21ClN2O5. The Morgan fingerprint density at radius 2 is 2.10 bits per heavy atom. The minimum absolute atomic E-state index is 0.243. The number of ether oxygens (including phenoxy) is 4. The van der Waals surface area contributed by atoms with Crippen molar-refractivity contribution in [1.82, 2.24) is 4.98 Å². The van der Waals surface area contributed by atoms with E-state index in [9.17, 15) is 4.79 Å². The minimum Gasteiger partial charge on any atom is -0.495 e. The van der Waals surface area contributed by atoms with Gasteiger partial charge in [-0.25, -0.2) is 4.79 Å². The third-order valence-corrected chi connectivity index (χ3v) is 5.01. The van der Waals surface area contributed by atoms with Crippen LogP contribution >= 0.6 is 11.6 Å². The van der Waals surface area contributed by atoms with Crippen molar-refractivity contribution >= 4 is 34.2 Å². The molecule has 0 amide bonds. The van der Waals surface area contributed by atoms with Crippen LogP contribution < -0.4 is 19.5 Å². The molecular weight excluding hydrogens is 408 g/mol. The van der Waals surface area contributed by atoms with Gasteiger partial charge in [-0.3, -0.25) is 4.98 Å². The molecule has 4 rings (SSSR count). The quantitative estimate of drug-likeness (QED) is 0.585. The van der Waals surface area contributed by atoms with E-state index >= 15 is 0 Å². The number of para-hydroxylation sites is 2. The fourth-order valence-corrected chi connectivity index (χ4v) is 3.52. The van der Waals surface area contributed by atoms with E-state index in [1.165, 1.54) is 13.3 Å². The summed E-state index contributed by atoms with van der Waals surface area (Å²) in [7, 11) is 1.54. The van der Waals surface area contributed by atoms with Crippen LogP contribution in [0.25, 0.3) is 10.9 Å². The Bertz CT molecular complexity index is 1090. The molecule has 1 aliphatic rings. The summed E-state index contributed by atoms with van der Waals surface area (Å²) in [6.45, 7) is 2.81. The van der Waals surface area contributed by atoms with Gasteiger partial charge in [0.05, 0.1) is 36.5 Å². The summed E-state index contributed by atoms with van der Waals surface area (Å²) >= 11 is 6.24. The van der Waals surface area contributed by atoms with E-state index in [4.69, 9.17) is 30.5 Å². The number of nitrogens with zero attached hydrogens (tertiary/aromatic N) is 1. The monoisotopic (exact) mass is 428 g/mol. The lowest BCUT2D eigenvalue weighted by atomic mass is 10.1. The molecule has 1 aliphatic heterocycles. The van der Waals surface area contributed by atoms with E-state index in [1.807, 2.05) is 24.3 Å². The summed E-state index contributed by atoms with van der Waals surface area (Å²) in [6.07, 6.45) is 1.24. The van der Waals surface area contributed by atoms with Gasteiger partial charge in [0.2, 0.25) is 0 Å². The van der Waals surface area contributed by atoms with Crippen molar-refractivity contribution in [2.24, 2.45) is 0 Å². The summed E-state index contributed by atoms with van der Waals surface area (Å²) < 4.78 is 22.3. The summed E-state index contributed by atoms with van der Waals surface area (Å²) in [4.78, 5) is 16.9. The molecule has 156 valence electrons. The molecule has 1 N–H and O–H groups in total. The van der Waals surface area contributed by atoms with Gasteiger partial charge < -0.3 is 24.3 Å². The van der Waals surface area contributed by atoms with E-state index in [0.717, 1.165) is 5.75 Å². The van der Waals surface area contributed by atoms with Gasteiger partial charge in [0.25, 0.3) is 0 Å². The van der Waals surface area contributed by atoms with Crippen molar-refractivity contribution in [2.45, 2.75) is 13.0 Å². The number of aromatic nitrogens is 1. The molecule has 1 unspecified atom stereocenters. The van der Waals surface area contributed by atoms with E-state index in [2.05, 4.69) is 10.3 Å². The van der Waals surface area contributed by atoms with Gasteiger partial charge >= 0.3 is 5.97 Å². The molecule has 7 nitrogen and oxygen atoms in total. The van der Waals surface area contributed by atoms with Crippen LogP contribution in [-0.2, 0) is 4.74 Å². The molecule has 30 heavy (non-hydrogen) atoms. The molecule has 0 spiro atoms. The van der Waals surface area contributed by atoms with Crippen LogP contribution in [0.3, 0.4) is 0 Å². The summed E-state index contributed by atoms with van der Waals surface area (Å²) in [5, 5.41) is 4.45. The normalized spacial score (nSPS) is 15.0. The number of hydrogen-bond acceptors (Lipinski definition) is 7. The van der Waals surface area contributed by atoms with Gasteiger partial charge in [-0.2, -0.15) is 0 Å². The lowest BCUT2D eigenvalue weighted by Gasteiger charge is -2.27. The Morgan fingerprint density at radius 1 is 1.30 bits per heavy atom. The van der Waals surface area contributed by atoms with Crippen LogP contribution in [-0.4, -0.2) is 43.9 Å². The van der Waals surface area contributed by atoms with E-state index in [0.29, 0.717) is 51.8 Å². The number of hydrogen-bond donors (Lipinski definition) is 1. The van der Waals surface area contributed by atoms with Crippen LogP contribution in [0.5, 0.6) is 17.2 Å². The van der Waals surface area contributed by atoms with Gasteiger partial charge in [0.1, 0.15) is 24.0 Å². The second-order valence-corrected chi connectivity index (χ2v) is 7.06. The number of benzene rings is 2. The predicted octanol–water partition coefficient (Wildman–Crippen LogP) is 4.33. The molecule has 2 aromatic carbocycles. The lowest BCUT2D eigenvalue weighted by Crippen LogP contribution is -2.35. The van der Waals surface area contributed by atoms with Crippen LogP contribution in [0.4, 0.5) is 5.69 Å². The highest BCUT2D eigenvalue weighted by molar-refractivity contribution is 6.33.